The number of fused-ring (bicyclic) bond motifs is 1. The number of halogens is 1. The molecule has 1 atom stereocenters. The minimum Gasteiger partial charge on any atom is -0.337 e. The van der Waals surface area contributed by atoms with Gasteiger partial charge in [0.1, 0.15) is 11.6 Å². The van der Waals surface area contributed by atoms with Crippen molar-refractivity contribution in [1.29, 1.82) is 0 Å². The summed E-state index contributed by atoms with van der Waals surface area (Å²) in [4.78, 5) is 21.6. The van der Waals surface area contributed by atoms with Crippen molar-refractivity contribution < 1.29 is 9.18 Å². The highest BCUT2D eigenvalue weighted by atomic mass is 19.1. The van der Waals surface area contributed by atoms with E-state index in [1.807, 2.05) is 4.90 Å². The first-order valence-corrected chi connectivity index (χ1v) is 8.72. The smallest absolute Gasteiger partial charge is 0.257 e. The van der Waals surface area contributed by atoms with Crippen LogP contribution in [0.15, 0.2) is 42.6 Å². The monoisotopic (exact) mass is 340 g/mol. The second-order valence-electron chi connectivity index (χ2n) is 6.59. The van der Waals surface area contributed by atoms with Crippen LogP contribution in [0.2, 0.25) is 0 Å². The Balaban J connectivity index is 1.56. The zero-order valence-corrected chi connectivity index (χ0v) is 14.0. The summed E-state index contributed by atoms with van der Waals surface area (Å²) >= 11 is 0. The summed E-state index contributed by atoms with van der Waals surface area (Å²) in [6, 6.07) is 10.4. The third-order valence-corrected chi connectivity index (χ3v) is 5.04. The number of aromatic nitrogens is 1. The van der Waals surface area contributed by atoms with Crippen molar-refractivity contribution in [2.24, 2.45) is 0 Å². The van der Waals surface area contributed by atoms with Crippen molar-refractivity contribution in [3.63, 3.8) is 0 Å². The zero-order valence-electron chi connectivity index (χ0n) is 14.0. The van der Waals surface area contributed by atoms with Gasteiger partial charge in [-0.05, 0) is 43.7 Å². The molecule has 2 fully saturated rings. The van der Waals surface area contributed by atoms with Gasteiger partial charge in [0.05, 0.1) is 11.3 Å². The molecular formula is C19H21FN4O. The Morgan fingerprint density at radius 2 is 2.04 bits per heavy atom. The Morgan fingerprint density at radius 3 is 2.92 bits per heavy atom. The summed E-state index contributed by atoms with van der Waals surface area (Å²) in [5, 5.41) is 2.96. The molecule has 0 spiro atoms. The molecule has 1 unspecified atom stereocenters. The topological polar surface area (TPSA) is 48.5 Å². The van der Waals surface area contributed by atoms with Gasteiger partial charge in [0, 0.05) is 31.9 Å². The number of piperazine rings is 1. The van der Waals surface area contributed by atoms with E-state index in [-0.39, 0.29) is 11.7 Å². The van der Waals surface area contributed by atoms with Crippen LogP contribution in [0.5, 0.6) is 0 Å². The third-order valence-electron chi connectivity index (χ3n) is 5.04. The number of nitrogens with zero attached hydrogens (tertiary/aromatic N) is 3. The molecule has 0 bridgehead atoms. The van der Waals surface area contributed by atoms with Crippen LogP contribution in [0.1, 0.15) is 23.2 Å². The number of rotatable bonds is 3. The molecule has 2 aromatic rings. The average molecular weight is 340 g/mol. The molecule has 1 aromatic heterocycles. The molecule has 0 saturated carbocycles. The first-order valence-electron chi connectivity index (χ1n) is 8.72. The van der Waals surface area contributed by atoms with E-state index in [9.17, 15) is 9.18 Å². The van der Waals surface area contributed by atoms with Crippen molar-refractivity contribution in [2.75, 3.05) is 31.5 Å². The molecule has 1 amide bonds. The van der Waals surface area contributed by atoms with E-state index in [1.54, 1.807) is 36.5 Å². The number of benzene rings is 1. The van der Waals surface area contributed by atoms with E-state index >= 15 is 0 Å². The summed E-state index contributed by atoms with van der Waals surface area (Å²) in [5.41, 5.74) is 0.799. The predicted octanol–water partition coefficient (Wildman–Crippen LogP) is 2.88. The van der Waals surface area contributed by atoms with Crippen LogP contribution < -0.4 is 5.32 Å². The molecule has 6 heteroatoms. The van der Waals surface area contributed by atoms with Crippen LogP contribution in [-0.2, 0) is 0 Å². The number of hydrogen-bond acceptors (Lipinski definition) is 4. The van der Waals surface area contributed by atoms with Crippen LogP contribution >= 0.6 is 0 Å². The fraction of sp³-hybridized carbons (Fsp3) is 0.368. The SMILES string of the molecule is O=C(c1cccnc1Nc1ccccc1F)N1CCN2CCCC2C1. The lowest BCUT2D eigenvalue weighted by molar-refractivity contribution is 0.0572. The van der Waals surface area contributed by atoms with Crippen molar-refractivity contribution in [2.45, 2.75) is 18.9 Å². The van der Waals surface area contributed by atoms with Gasteiger partial charge in [0.25, 0.3) is 5.91 Å². The van der Waals surface area contributed by atoms with E-state index in [0.29, 0.717) is 23.1 Å². The Bertz CT molecular complexity index is 782. The van der Waals surface area contributed by atoms with Gasteiger partial charge >= 0.3 is 0 Å². The number of anilines is 2. The Kier molecular flexibility index (Phi) is 4.36. The predicted molar refractivity (Wildman–Crippen MR) is 94.4 cm³/mol. The van der Waals surface area contributed by atoms with E-state index in [2.05, 4.69) is 15.2 Å². The second kappa shape index (κ2) is 6.80. The first-order chi connectivity index (χ1) is 12.2. The van der Waals surface area contributed by atoms with Gasteiger partial charge in [-0.2, -0.15) is 0 Å². The molecule has 2 aliphatic heterocycles. The maximum Gasteiger partial charge on any atom is 0.257 e. The number of carbonyl (C=O) groups excluding carboxylic acids is 1. The average Bonchev–Trinajstić information content (AvgIpc) is 3.11. The number of carbonyl (C=O) groups is 1. The fourth-order valence-electron chi connectivity index (χ4n) is 3.71. The van der Waals surface area contributed by atoms with Crippen molar-refractivity contribution in [3.05, 3.63) is 54.0 Å². The van der Waals surface area contributed by atoms with Crippen molar-refractivity contribution >= 4 is 17.4 Å². The Hall–Kier alpha value is -2.47. The van der Waals surface area contributed by atoms with Crippen molar-refractivity contribution in [1.82, 2.24) is 14.8 Å². The van der Waals surface area contributed by atoms with Crippen LogP contribution in [0.25, 0.3) is 0 Å². The standard InChI is InChI=1S/C19H21FN4O/c20-16-7-1-2-8-17(16)22-18-15(6-3-9-21-18)19(25)24-12-11-23-10-4-5-14(23)13-24/h1-3,6-9,14H,4-5,10-13H2,(H,21,22). The lowest BCUT2D eigenvalue weighted by Crippen LogP contribution is -2.52. The highest BCUT2D eigenvalue weighted by molar-refractivity contribution is 5.99. The molecular weight excluding hydrogens is 319 g/mol. The normalized spacial score (nSPS) is 20.4. The summed E-state index contributed by atoms with van der Waals surface area (Å²) in [5.74, 6) is -0.0175. The summed E-state index contributed by atoms with van der Waals surface area (Å²) < 4.78 is 13.9. The van der Waals surface area contributed by atoms with E-state index in [1.165, 1.54) is 12.5 Å². The van der Waals surface area contributed by atoms with Gasteiger partial charge in [-0.25, -0.2) is 9.37 Å². The molecule has 0 aliphatic carbocycles. The zero-order chi connectivity index (χ0) is 17.2. The Labute approximate surface area is 146 Å². The molecule has 1 aromatic carbocycles. The number of amides is 1. The molecule has 2 saturated heterocycles. The molecule has 3 heterocycles. The van der Waals surface area contributed by atoms with Crippen LogP contribution in [0, 0.1) is 5.82 Å². The highest BCUT2D eigenvalue weighted by Gasteiger charge is 2.33. The summed E-state index contributed by atoms with van der Waals surface area (Å²) in [7, 11) is 0. The van der Waals surface area contributed by atoms with Gasteiger partial charge in [-0.3, -0.25) is 9.69 Å². The van der Waals surface area contributed by atoms with Gasteiger partial charge in [0.15, 0.2) is 0 Å². The molecule has 0 radical (unpaired) electrons. The fourth-order valence-corrected chi connectivity index (χ4v) is 3.71. The van der Waals surface area contributed by atoms with Gasteiger partial charge in [-0.15, -0.1) is 0 Å². The second-order valence-corrected chi connectivity index (χ2v) is 6.59. The first kappa shape index (κ1) is 16.0. The minimum atomic E-state index is -0.369. The summed E-state index contributed by atoms with van der Waals surface area (Å²) in [6.07, 6.45) is 3.96. The quantitative estimate of drug-likeness (QED) is 0.933. The summed E-state index contributed by atoms with van der Waals surface area (Å²) in [6.45, 7) is 3.54. The maximum atomic E-state index is 13.9. The van der Waals surface area contributed by atoms with Crippen molar-refractivity contribution in [3.8, 4) is 0 Å². The lowest BCUT2D eigenvalue weighted by Gasteiger charge is -2.37. The van der Waals surface area contributed by atoms with E-state index in [0.717, 1.165) is 32.6 Å². The van der Waals surface area contributed by atoms with Crippen LogP contribution in [-0.4, -0.2) is 52.9 Å². The lowest BCUT2D eigenvalue weighted by atomic mass is 10.1. The molecule has 4 rings (SSSR count). The van der Waals surface area contributed by atoms with E-state index in [4.69, 9.17) is 0 Å². The van der Waals surface area contributed by atoms with Gasteiger partial charge in [0.2, 0.25) is 0 Å². The number of nitrogens with one attached hydrogen (secondary N) is 1. The maximum absolute atomic E-state index is 13.9. The Morgan fingerprint density at radius 1 is 1.16 bits per heavy atom. The molecule has 1 N–H and O–H groups in total. The number of para-hydroxylation sites is 1. The van der Waals surface area contributed by atoms with E-state index < -0.39 is 0 Å². The van der Waals surface area contributed by atoms with Crippen LogP contribution in [0.4, 0.5) is 15.9 Å². The van der Waals surface area contributed by atoms with Gasteiger partial charge in [-0.1, -0.05) is 12.1 Å². The minimum absolute atomic E-state index is 0.0431. The molecule has 130 valence electrons. The molecule has 5 nitrogen and oxygen atoms in total. The molecule has 2 aliphatic rings. The highest BCUT2D eigenvalue weighted by Crippen LogP contribution is 2.25. The molecule has 25 heavy (non-hydrogen) atoms. The third kappa shape index (κ3) is 3.22. The number of hydrogen-bond donors (Lipinski definition) is 1. The number of pyridine rings is 1. The largest absolute Gasteiger partial charge is 0.337 e. The van der Waals surface area contributed by atoms with Gasteiger partial charge < -0.3 is 10.2 Å². The van der Waals surface area contributed by atoms with Crippen LogP contribution in [0.3, 0.4) is 0 Å².